The van der Waals surface area contributed by atoms with Gasteiger partial charge in [0.1, 0.15) is 0 Å². The molecule has 0 radical (unpaired) electrons. The van der Waals surface area contributed by atoms with Crippen molar-refractivity contribution < 1.29 is 22.7 Å². The van der Waals surface area contributed by atoms with Crippen LogP contribution in [0.2, 0.25) is 0 Å². The highest BCUT2D eigenvalue weighted by atomic mass is 32.2. The topological polar surface area (TPSA) is 81.7 Å². The molecular weight excluding hydrogens is 258 g/mol. The van der Waals surface area contributed by atoms with Crippen LogP contribution in [0.15, 0.2) is 0 Å². The summed E-state index contributed by atoms with van der Waals surface area (Å²) in [7, 11) is -2.02. The van der Waals surface area contributed by atoms with Crippen LogP contribution in [-0.4, -0.2) is 46.5 Å². The Bertz CT molecular complexity index is 368. The van der Waals surface area contributed by atoms with Crippen molar-refractivity contribution in [3.05, 3.63) is 0 Å². The van der Waals surface area contributed by atoms with Crippen LogP contribution in [0.25, 0.3) is 0 Å². The standard InChI is InChI=1S/C11H21NO5S/c1-9-10(5-6-17-9)8-12-18(14,15)7-3-4-11(13)16-2/h9-10,12H,3-8H2,1-2H3. The van der Waals surface area contributed by atoms with Gasteiger partial charge in [0.15, 0.2) is 0 Å². The number of nitrogens with one attached hydrogen (secondary N) is 1. The van der Waals surface area contributed by atoms with E-state index in [4.69, 9.17) is 4.74 Å². The first kappa shape index (κ1) is 15.4. The van der Waals surface area contributed by atoms with E-state index >= 15 is 0 Å². The van der Waals surface area contributed by atoms with Gasteiger partial charge in [-0.15, -0.1) is 0 Å². The average Bonchev–Trinajstić information content (AvgIpc) is 2.72. The van der Waals surface area contributed by atoms with Crippen LogP contribution in [0.1, 0.15) is 26.2 Å². The molecule has 6 nitrogen and oxygen atoms in total. The summed E-state index contributed by atoms with van der Waals surface area (Å²) in [4.78, 5) is 10.9. The van der Waals surface area contributed by atoms with Gasteiger partial charge in [-0.1, -0.05) is 0 Å². The molecule has 0 saturated carbocycles. The normalized spacial score (nSPS) is 24.1. The van der Waals surface area contributed by atoms with Crippen molar-refractivity contribution in [3.8, 4) is 0 Å². The lowest BCUT2D eigenvalue weighted by molar-refractivity contribution is -0.140. The van der Waals surface area contributed by atoms with E-state index < -0.39 is 10.0 Å². The second-order valence-corrected chi connectivity index (χ2v) is 6.40. The number of carbonyl (C=O) groups excluding carboxylic acids is 1. The minimum absolute atomic E-state index is 0.0515. The van der Waals surface area contributed by atoms with Crippen LogP contribution in [0.5, 0.6) is 0 Å². The van der Waals surface area contributed by atoms with Crippen LogP contribution < -0.4 is 4.72 Å². The lowest BCUT2D eigenvalue weighted by Crippen LogP contribution is -2.33. The lowest BCUT2D eigenvalue weighted by atomic mass is 10.0. The molecule has 0 amide bonds. The molecule has 1 N–H and O–H groups in total. The predicted molar refractivity (Wildman–Crippen MR) is 66.6 cm³/mol. The summed E-state index contributed by atoms with van der Waals surface area (Å²) in [6.45, 7) is 3.04. The molecule has 7 heteroatoms. The zero-order valence-electron chi connectivity index (χ0n) is 10.8. The Kier molecular flexibility index (Phi) is 6.04. The van der Waals surface area contributed by atoms with Crippen LogP contribution in [0.4, 0.5) is 0 Å². The first-order chi connectivity index (χ1) is 8.44. The van der Waals surface area contributed by atoms with Crippen molar-refractivity contribution in [1.82, 2.24) is 4.72 Å². The number of methoxy groups -OCH3 is 1. The zero-order valence-corrected chi connectivity index (χ0v) is 11.7. The fourth-order valence-electron chi connectivity index (χ4n) is 1.86. The predicted octanol–water partition coefficient (Wildman–Crippen LogP) is 0.284. The molecule has 0 aromatic carbocycles. The van der Waals surface area contributed by atoms with Crippen LogP contribution in [-0.2, 0) is 24.3 Å². The van der Waals surface area contributed by atoms with E-state index in [2.05, 4.69) is 9.46 Å². The molecule has 0 aromatic rings. The van der Waals surface area contributed by atoms with E-state index in [0.717, 1.165) is 6.42 Å². The third-order valence-corrected chi connectivity index (χ3v) is 4.55. The fraction of sp³-hybridized carbons (Fsp3) is 0.909. The van der Waals surface area contributed by atoms with Crippen LogP contribution in [0, 0.1) is 5.92 Å². The number of sulfonamides is 1. The summed E-state index contributed by atoms with van der Waals surface area (Å²) in [5, 5.41) is 0. The number of hydrogen-bond donors (Lipinski definition) is 1. The first-order valence-electron chi connectivity index (χ1n) is 6.10. The van der Waals surface area contributed by atoms with Gasteiger partial charge in [-0.3, -0.25) is 4.79 Å². The van der Waals surface area contributed by atoms with Crippen LogP contribution in [0.3, 0.4) is 0 Å². The molecule has 0 bridgehead atoms. The summed E-state index contributed by atoms with van der Waals surface area (Å²) in [6.07, 6.45) is 1.38. The molecule has 1 heterocycles. The third-order valence-electron chi connectivity index (χ3n) is 3.12. The van der Waals surface area contributed by atoms with E-state index in [9.17, 15) is 13.2 Å². The second-order valence-electron chi connectivity index (χ2n) is 4.47. The molecule has 2 atom stereocenters. The van der Waals surface area contributed by atoms with Gasteiger partial charge in [-0.2, -0.15) is 0 Å². The Hall–Kier alpha value is -0.660. The minimum Gasteiger partial charge on any atom is -0.469 e. The van der Waals surface area contributed by atoms with E-state index in [1.165, 1.54) is 7.11 Å². The Morgan fingerprint density at radius 3 is 2.78 bits per heavy atom. The molecule has 0 spiro atoms. The monoisotopic (exact) mass is 279 g/mol. The van der Waals surface area contributed by atoms with Crippen molar-refractivity contribution in [3.63, 3.8) is 0 Å². The van der Waals surface area contributed by atoms with E-state index in [1.54, 1.807) is 0 Å². The van der Waals surface area contributed by atoms with E-state index in [1.807, 2.05) is 6.92 Å². The van der Waals surface area contributed by atoms with E-state index in [-0.39, 0.29) is 36.6 Å². The number of ether oxygens (including phenoxy) is 2. The molecular formula is C11H21NO5S. The van der Waals surface area contributed by atoms with Gasteiger partial charge >= 0.3 is 5.97 Å². The van der Waals surface area contributed by atoms with Gasteiger partial charge < -0.3 is 9.47 Å². The number of hydrogen-bond acceptors (Lipinski definition) is 5. The third kappa shape index (κ3) is 5.32. The quantitative estimate of drug-likeness (QED) is 0.677. The Labute approximate surface area is 108 Å². The van der Waals surface area contributed by atoms with Crippen molar-refractivity contribution >= 4 is 16.0 Å². The van der Waals surface area contributed by atoms with Crippen molar-refractivity contribution in [2.24, 2.45) is 5.92 Å². The van der Waals surface area contributed by atoms with Gasteiger partial charge in [-0.25, -0.2) is 13.1 Å². The number of rotatable bonds is 7. The van der Waals surface area contributed by atoms with Gasteiger partial charge in [0.25, 0.3) is 0 Å². The highest BCUT2D eigenvalue weighted by Gasteiger charge is 2.25. The van der Waals surface area contributed by atoms with Crippen molar-refractivity contribution in [2.75, 3.05) is 26.0 Å². The molecule has 0 aromatic heterocycles. The van der Waals surface area contributed by atoms with Crippen LogP contribution >= 0.6 is 0 Å². The van der Waals surface area contributed by atoms with Crippen molar-refractivity contribution in [2.45, 2.75) is 32.3 Å². The lowest BCUT2D eigenvalue weighted by Gasteiger charge is -2.14. The summed E-state index contributed by atoms with van der Waals surface area (Å²) in [5.74, 6) is -0.201. The maximum absolute atomic E-state index is 11.7. The Morgan fingerprint density at radius 2 is 2.22 bits per heavy atom. The molecule has 1 aliphatic heterocycles. The summed E-state index contributed by atoms with van der Waals surface area (Å²) in [5.41, 5.74) is 0. The second kappa shape index (κ2) is 7.06. The van der Waals surface area contributed by atoms with Gasteiger partial charge in [0.05, 0.1) is 19.0 Å². The maximum atomic E-state index is 11.7. The maximum Gasteiger partial charge on any atom is 0.305 e. The van der Waals surface area contributed by atoms with Gasteiger partial charge in [-0.05, 0) is 19.8 Å². The largest absolute Gasteiger partial charge is 0.469 e. The molecule has 1 saturated heterocycles. The summed E-state index contributed by atoms with van der Waals surface area (Å²) >= 11 is 0. The fourth-order valence-corrected chi connectivity index (χ4v) is 3.00. The Morgan fingerprint density at radius 1 is 1.50 bits per heavy atom. The van der Waals surface area contributed by atoms with Gasteiger partial charge in [0, 0.05) is 25.5 Å². The molecule has 1 aliphatic rings. The summed E-state index contributed by atoms with van der Waals surface area (Å²) in [6, 6.07) is 0. The SMILES string of the molecule is COC(=O)CCCS(=O)(=O)NCC1CCOC1C. The Balaban J connectivity index is 2.25. The minimum atomic E-state index is -3.31. The van der Waals surface area contributed by atoms with Gasteiger partial charge in [0.2, 0.25) is 10.0 Å². The molecule has 0 aliphatic carbocycles. The zero-order chi connectivity index (χ0) is 13.6. The molecule has 1 fully saturated rings. The highest BCUT2D eigenvalue weighted by molar-refractivity contribution is 7.89. The highest BCUT2D eigenvalue weighted by Crippen LogP contribution is 2.19. The molecule has 106 valence electrons. The smallest absolute Gasteiger partial charge is 0.305 e. The molecule has 1 rings (SSSR count). The average molecular weight is 279 g/mol. The number of carbonyl (C=O) groups is 1. The first-order valence-corrected chi connectivity index (χ1v) is 7.75. The number of esters is 1. The molecule has 2 unspecified atom stereocenters. The summed E-state index contributed by atoms with van der Waals surface area (Å²) < 4.78 is 35.7. The van der Waals surface area contributed by atoms with Crippen molar-refractivity contribution in [1.29, 1.82) is 0 Å². The molecule has 18 heavy (non-hydrogen) atoms. The van der Waals surface area contributed by atoms with E-state index in [0.29, 0.717) is 13.2 Å².